The van der Waals surface area contributed by atoms with Gasteiger partial charge in [0.1, 0.15) is 4.01 Å². The fourth-order valence-electron chi connectivity index (χ4n) is 0.673. The average Bonchev–Trinajstić information content (AvgIpc) is 2.21. The SMILES string of the molecule is Nc1nc2nc(N)sc2s1. The number of hydrogen-bond donors (Lipinski definition) is 2. The van der Waals surface area contributed by atoms with Crippen LogP contribution in [0.3, 0.4) is 0 Å². The Morgan fingerprint density at radius 2 is 1.50 bits per heavy atom. The van der Waals surface area contributed by atoms with Gasteiger partial charge in [-0.3, -0.25) is 0 Å². The zero-order valence-electron chi connectivity index (χ0n) is 4.87. The van der Waals surface area contributed by atoms with Crippen LogP contribution in [-0.4, -0.2) is 9.97 Å². The lowest BCUT2D eigenvalue weighted by Crippen LogP contribution is -1.82. The van der Waals surface area contributed by atoms with Gasteiger partial charge in [-0.1, -0.05) is 22.7 Å². The highest BCUT2D eigenvalue weighted by Crippen LogP contribution is 2.30. The second-order valence-electron chi connectivity index (χ2n) is 1.72. The highest BCUT2D eigenvalue weighted by Gasteiger charge is 2.04. The molecule has 0 aliphatic rings. The fraction of sp³-hybridized carbons (Fsp3) is 0. The van der Waals surface area contributed by atoms with E-state index in [1.54, 1.807) is 0 Å². The van der Waals surface area contributed by atoms with Crippen LogP contribution < -0.4 is 11.5 Å². The van der Waals surface area contributed by atoms with Gasteiger partial charge in [0, 0.05) is 0 Å². The van der Waals surface area contributed by atoms with Gasteiger partial charge in [0.05, 0.1) is 0 Å². The molecule has 10 heavy (non-hydrogen) atoms. The first-order valence-corrected chi connectivity index (χ1v) is 4.17. The Hall–Kier alpha value is -0.880. The molecule has 2 rings (SSSR count). The van der Waals surface area contributed by atoms with E-state index < -0.39 is 0 Å². The first-order valence-electron chi connectivity index (χ1n) is 2.54. The zero-order chi connectivity index (χ0) is 7.14. The number of fused-ring (bicyclic) bond motifs is 1. The molecule has 0 atom stereocenters. The minimum atomic E-state index is 0.550. The molecule has 4 N–H and O–H groups in total. The molecular formula is C4H4N4S2. The van der Waals surface area contributed by atoms with Gasteiger partial charge in [0.2, 0.25) is 0 Å². The van der Waals surface area contributed by atoms with Crippen LogP contribution in [0.25, 0.3) is 9.66 Å². The van der Waals surface area contributed by atoms with Gasteiger partial charge in [0.15, 0.2) is 15.9 Å². The van der Waals surface area contributed by atoms with Crippen molar-refractivity contribution in [2.24, 2.45) is 0 Å². The van der Waals surface area contributed by atoms with Crippen molar-refractivity contribution in [3.8, 4) is 0 Å². The number of nitrogens with two attached hydrogens (primary N) is 2. The van der Waals surface area contributed by atoms with E-state index in [2.05, 4.69) is 9.97 Å². The average molecular weight is 172 g/mol. The van der Waals surface area contributed by atoms with E-state index in [9.17, 15) is 0 Å². The van der Waals surface area contributed by atoms with Crippen molar-refractivity contribution in [3.63, 3.8) is 0 Å². The first-order chi connectivity index (χ1) is 4.75. The van der Waals surface area contributed by atoms with E-state index in [1.807, 2.05) is 0 Å². The van der Waals surface area contributed by atoms with Crippen LogP contribution in [0.15, 0.2) is 0 Å². The highest BCUT2D eigenvalue weighted by molar-refractivity contribution is 7.40. The Bertz CT molecular complexity index is 299. The summed E-state index contributed by atoms with van der Waals surface area (Å²) in [5.74, 6) is 0. The van der Waals surface area contributed by atoms with Crippen LogP contribution in [0.1, 0.15) is 0 Å². The number of aromatic nitrogens is 2. The Morgan fingerprint density at radius 1 is 1.00 bits per heavy atom. The van der Waals surface area contributed by atoms with Crippen LogP contribution in [0.2, 0.25) is 0 Å². The minimum absolute atomic E-state index is 0.550. The molecule has 0 radical (unpaired) electrons. The molecule has 0 aromatic carbocycles. The molecule has 6 heteroatoms. The summed E-state index contributed by atoms with van der Waals surface area (Å²) in [7, 11) is 0. The van der Waals surface area contributed by atoms with Gasteiger partial charge in [-0.2, -0.15) is 9.97 Å². The quantitative estimate of drug-likeness (QED) is 0.619. The topological polar surface area (TPSA) is 77.8 Å². The summed E-state index contributed by atoms with van der Waals surface area (Å²) < 4.78 is 0.995. The molecule has 0 aliphatic carbocycles. The van der Waals surface area contributed by atoms with E-state index in [1.165, 1.54) is 22.7 Å². The van der Waals surface area contributed by atoms with Gasteiger partial charge in [-0.25, -0.2) is 0 Å². The maximum Gasteiger partial charge on any atom is 0.185 e. The number of nitrogens with zero attached hydrogens (tertiary/aromatic N) is 2. The predicted molar refractivity (Wildman–Crippen MR) is 44.1 cm³/mol. The molecule has 2 heterocycles. The van der Waals surface area contributed by atoms with E-state index in [0.29, 0.717) is 15.9 Å². The molecule has 2 aromatic heterocycles. The third kappa shape index (κ3) is 0.729. The molecule has 0 saturated heterocycles. The van der Waals surface area contributed by atoms with Crippen molar-refractivity contribution < 1.29 is 0 Å². The Morgan fingerprint density at radius 3 is 1.90 bits per heavy atom. The summed E-state index contributed by atoms with van der Waals surface area (Å²) in [6.07, 6.45) is 0. The summed E-state index contributed by atoms with van der Waals surface area (Å²) in [5.41, 5.74) is 11.5. The minimum Gasteiger partial charge on any atom is -0.375 e. The van der Waals surface area contributed by atoms with Crippen LogP contribution >= 0.6 is 22.7 Å². The molecule has 2 aromatic rings. The largest absolute Gasteiger partial charge is 0.375 e. The van der Waals surface area contributed by atoms with E-state index in [0.717, 1.165) is 4.01 Å². The lowest BCUT2D eigenvalue weighted by molar-refractivity contribution is 1.38. The van der Waals surface area contributed by atoms with E-state index in [-0.39, 0.29) is 0 Å². The third-order valence-electron chi connectivity index (χ3n) is 1.01. The van der Waals surface area contributed by atoms with E-state index in [4.69, 9.17) is 11.5 Å². The highest BCUT2D eigenvalue weighted by atomic mass is 32.2. The molecular weight excluding hydrogens is 168 g/mol. The van der Waals surface area contributed by atoms with E-state index >= 15 is 0 Å². The van der Waals surface area contributed by atoms with Crippen molar-refractivity contribution in [1.29, 1.82) is 0 Å². The van der Waals surface area contributed by atoms with Crippen LogP contribution in [0.5, 0.6) is 0 Å². The molecule has 0 bridgehead atoms. The predicted octanol–water partition coefficient (Wildman–Crippen LogP) is 0.917. The van der Waals surface area contributed by atoms with Crippen molar-refractivity contribution in [2.75, 3.05) is 11.5 Å². The lowest BCUT2D eigenvalue weighted by atomic mass is 10.9. The van der Waals surface area contributed by atoms with Gasteiger partial charge >= 0.3 is 0 Å². The molecule has 0 amide bonds. The summed E-state index contributed by atoms with van der Waals surface area (Å²) >= 11 is 2.83. The lowest BCUT2D eigenvalue weighted by Gasteiger charge is -1.75. The molecule has 0 saturated carbocycles. The van der Waals surface area contributed by atoms with Gasteiger partial charge in [-0.15, -0.1) is 0 Å². The molecule has 0 spiro atoms. The second-order valence-corrected chi connectivity index (χ2v) is 4.03. The Kier molecular flexibility index (Phi) is 1.06. The van der Waals surface area contributed by atoms with Crippen LogP contribution in [-0.2, 0) is 0 Å². The van der Waals surface area contributed by atoms with Crippen molar-refractivity contribution >= 4 is 42.6 Å². The molecule has 0 aliphatic heterocycles. The summed E-state index contributed by atoms with van der Waals surface area (Å²) in [4.78, 5) is 7.90. The second kappa shape index (κ2) is 1.80. The third-order valence-corrected chi connectivity index (χ3v) is 2.85. The molecule has 4 nitrogen and oxygen atoms in total. The molecule has 0 fully saturated rings. The number of anilines is 2. The number of rotatable bonds is 0. The maximum absolute atomic E-state index is 5.42. The summed E-state index contributed by atoms with van der Waals surface area (Å²) in [6.45, 7) is 0. The number of nitrogen functional groups attached to an aromatic ring is 2. The number of hydrogen-bond acceptors (Lipinski definition) is 6. The van der Waals surface area contributed by atoms with Crippen LogP contribution in [0, 0.1) is 0 Å². The van der Waals surface area contributed by atoms with Gasteiger partial charge in [0.25, 0.3) is 0 Å². The Balaban J connectivity index is 2.83. The summed E-state index contributed by atoms with van der Waals surface area (Å²) in [6, 6.07) is 0. The Labute approximate surface area is 64.5 Å². The normalized spacial score (nSPS) is 10.8. The maximum atomic E-state index is 5.42. The van der Waals surface area contributed by atoms with Crippen molar-refractivity contribution in [2.45, 2.75) is 0 Å². The smallest absolute Gasteiger partial charge is 0.185 e. The first kappa shape index (κ1) is 5.87. The van der Waals surface area contributed by atoms with Gasteiger partial charge in [-0.05, 0) is 0 Å². The summed E-state index contributed by atoms with van der Waals surface area (Å²) in [5, 5.41) is 1.10. The monoisotopic (exact) mass is 172 g/mol. The van der Waals surface area contributed by atoms with Crippen molar-refractivity contribution in [1.82, 2.24) is 9.97 Å². The van der Waals surface area contributed by atoms with Crippen molar-refractivity contribution in [3.05, 3.63) is 0 Å². The zero-order valence-corrected chi connectivity index (χ0v) is 6.50. The molecule has 0 unspecified atom stereocenters. The standard InChI is InChI=1S/C4H4N4S2/c5-3-7-1-2(9-3)10-4(6)8-1/h(H2,5,7)(H2,6,8). The molecule has 52 valence electrons. The van der Waals surface area contributed by atoms with Gasteiger partial charge < -0.3 is 11.5 Å². The number of thiazole rings is 2. The van der Waals surface area contributed by atoms with Crippen LogP contribution in [0.4, 0.5) is 10.3 Å². The fourth-order valence-corrected chi connectivity index (χ4v) is 2.36.